The summed E-state index contributed by atoms with van der Waals surface area (Å²) in [6.07, 6.45) is 0. The Morgan fingerprint density at radius 2 is 1.86 bits per heavy atom. The molecule has 0 aromatic rings. The molecule has 1 unspecified atom stereocenters. The minimum atomic E-state index is -3.14. The van der Waals surface area contributed by atoms with Gasteiger partial charge in [0.25, 0.3) is 0 Å². The fourth-order valence-corrected chi connectivity index (χ4v) is 2.25. The van der Waals surface area contributed by atoms with E-state index in [-0.39, 0.29) is 10.7 Å². The van der Waals surface area contributed by atoms with Gasteiger partial charge >= 0.3 is 0 Å². The molecule has 14 heavy (non-hydrogen) atoms. The van der Waals surface area contributed by atoms with Gasteiger partial charge < -0.3 is 4.90 Å². The Morgan fingerprint density at radius 3 is 2.14 bits per heavy atom. The number of nitrogens with zero attached hydrogens (tertiary/aromatic N) is 1. The molecular weight excluding hydrogens is 268 g/mol. The number of likely N-dealkylation sites (N-methyl/N-ethyl adjacent to an activating group) is 1. The van der Waals surface area contributed by atoms with Gasteiger partial charge in [0.15, 0.2) is 0 Å². The lowest BCUT2D eigenvalue weighted by Crippen LogP contribution is -2.43. The van der Waals surface area contributed by atoms with Crippen LogP contribution in [0.25, 0.3) is 0 Å². The Hall–Kier alpha value is 0.350. The molecule has 0 saturated carbocycles. The average Bonchev–Trinajstić information content (AvgIpc) is 2.03. The van der Waals surface area contributed by atoms with Gasteiger partial charge in [-0.25, -0.2) is 13.1 Å². The van der Waals surface area contributed by atoms with Crippen LogP contribution in [0.1, 0.15) is 13.8 Å². The molecule has 1 atom stereocenters. The van der Waals surface area contributed by atoms with Gasteiger partial charge in [-0.15, -0.1) is 0 Å². The summed E-state index contributed by atoms with van der Waals surface area (Å²) in [5.41, 5.74) is 0. The van der Waals surface area contributed by atoms with Crippen molar-refractivity contribution in [2.45, 2.75) is 19.9 Å². The average molecular weight is 287 g/mol. The van der Waals surface area contributed by atoms with Crippen LogP contribution in [0.2, 0.25) is 0 Å². The Labute approximate surface area is 95.2 Å². The van der Waals surface area contributed by atoms with Crippen LogP contribution >= 0.6 is 15.9 Å². The van der Waals surface area contributed by atoms with Gasteiger partial charge in [-0.05, 0) is 20.0 Å². The van der Waals surface area contributed by atoms with Crippen LogP contribution in [-0.4, -0.2) is 44.7 Å². The highest BCUT2D eigenvalue weighted by Crippen LogP contribution is 2.06. The molecule has 0 aromatic heterocycles. The van der Waals surface area contributed by atoms with Crippen LogP contribution in [-0.2, 0) is 10.0 Å². The molecule has 0 aliphatic rings. The smallest absolute Gasteiger partial charge is 0.221 e. The molecule has 0 aliphatic carbocycles. The maximum atomic E-state index is 11.2. The molecule has 0 saturated heterocycles. The van der Waals surface area contributed by atoms with Crippen molar-refractivity contribution in [1.29, 1.82) is 0 Å². The molecule has 6 heteroatoms. The van der Waals surface area contributed by atoms with Crippen molar-refractivity contribution in [3.8, 4) is 0 Å². The van der Waals surface area contributed by atoms with Gasteiger partial charge in [-0.1, -0.05) is 29.8 Å². The highest BCUT2D eigenvalue weighted by atomic mass is 79.9. The SMILES string of the molecule is CC(C)C(CNS(=O)(=O)CBr)N(C)C. The van der Waals surface area contributed by atoms with E-state index in [2.05, 4.69) is 34.5 Å². The normalized spacial score (nSPS) is 15.1. The molecule has 0 aliphatic heterocycles. The lowest BCUT2D eigenvalue weighted by molar-refractivity contribution is 0.233. The number of hydrogen-bond donors (Lipinski definition) is 1. The van der Waals surface area contributed by atoms with Crippen molar-refractivity contribution in [2.75, 3.05) is 25.3 Å². The van der Waals surface area contributed by atoms with Crippen LogP contribution in [0.5, 0.6) is 0 Å². The van der Waals surface area contributed by atoms with Crippen molar-refractivity contribution in [1.82, 2.24) is 9.62 Å². The van der Waals surface area contributed by atoms with Gasteiger partial charge in [0, 0.05) is 12.6 Å². The van der Waals surface area contributed by atoms with E-state index in [4.69, 9.17) is 0 Å². The molecule has 1 N–H and O–H groups in total. The summed E-state index contributed by atoms with van der Waals surface area (Å²) in [7, 11) is 0.761. The molecule has 0 radical (unpaired) electrons. The molecule has 0 bridgehead atoms. The molecule has 0 spiro atoms. The van der Waals surface area contributed by atoms with E-state index >= 15 is 0 Å². The van der Waals surface area contributed by atoms with E-state index in [0.29, 0.717) is 12.5 Å². The zero-order valence-electron chi connectivity index (χ0n) is 9.12. The van der Waals surface area contributed by atoms with Crippen molar-refractivity contribution < 1.29 is 8.42 Å². The summed E-state index contributed by atoms with van der Waals surface area (Å²) in [5, 5.41) is 0. The van der Waals surface area contributed by atoms with Crippen molar-refractivity contribution in [3.63, 3.8) is 0 Å². The van der Waals surface area contributed by atoms with E-state index in [1.807, 2.05) is 19.0 Å². The second-order valence-corrected chi connectivity index (χ2v) is 6.96. The van der Waals surface area contributed by atoms with Gasteiger partial charge in [-0.3, -0.25) is 0 Å². The Bertz CT molecular complexity index is 244. The van der Waals surface area contributed by atoms with Gasteiger partial charge in [0.05, 0.1) is 0 Å². The molecule has 0 rings (SSSR count). The van der Waals surface area contributed by atoms with E-state index in [1.54, 1.807) is 0 Å². The summed E-state index contributed by atoms with van der Waals surface area (Å²) in [4.78, 5) is 2.03. The summed E-state index contributed by atoms with van der Waals surface area (Å²) in [5.74, 6) is 0.419. The topological polar surface area (TPSA) is 49.4 Å². The molecule has 86 valence electrons. The molecular formula is C8H19BrN2O2S. The second kappa shape index (κ2) is 6.05. The third-order valence-electron chi connectivity index (χ3n) is 2.09. The molecule has 0 heterocycles. The number of hydrogen-bond acceptors (Lipinski definition) is 3. The van der Waals surface area contributed by atoms with Crippen molar-refractivity contribution in [3.05, 3.63) is 0 Å². The Balaban J connectivity index is 4.21. The fourth-order valence-electron chi connectivity index (χ4n) is 1.27. The molecule has 0 amide bonds. The maximum absolute atomic E-state index is 11.2. The van der Waals surface area contributed by atoms with Gasteiger partial charge in [-0.2, -0.15) is 0 Å². The first-order valence-corrected chi connectivity index (χ1v) is 7.27. The van der Waals surface area contributed by atoms with Crippen LogP contribution in [0.15, 0.2) is 0 Å². The minimum Gasteiger partial charge on any atom is -0.305 e. The second-order valence-electron chi connectivity index (χ2n) is 3.85. The van der Waals surface area contributed by atoms with Crippen LogP contribution < -0.4 is 4.72 Å². The van der Waals surface area contributed by atoms with Gasteiger partial charge in [0.2, 0.25) is 10.0 Å². The maximum Gasteiger partial charge on any atom is 0.221 e. The summed E-state index contributed by atoms with van der Waals surface area (Å²) >= 11 is 2.93. The number of sulfonamides is 1. The highest BCUT2D eigenvalue weighted by molar-refractivity contribution is 9.10. The predicted molar refractivity (Wildman–Crippen MR) is 63.0 cm³/mol. The number of halogens is 1. The van der Waals surface area contributed by atoms with Crippen LogP contribution in [0.4, 0.5) is 0 Å². The predicted octanol–water partition coefficient (Wildman–Crippen LogP) is 0.844. The first-order valence-electron chi connectivity index (χ1n) is 4.50. The molecule has 0 aromatic carbocycles. The van der Waals surface area contributed by atoms with Gasteiger partial charge in [0.1, 0.15) is 4.66 Å². The van der Waals surface area contributed by atoms with E-state index in [0.717, 1.165) is 0 Å². The highest BCUT2D eigenvalue weighted by Gasteiger charge is 2.18. The minimum absolute atomic E-state index is 0.0434. The third-order valence-corrected chi connectivity index (χ3v) is 4.79. The third kappa shape index (κ3) is 5.29. The molecule has 4 nitrogen and oxygen atoms in total. The van der Waals surface area contributed by atoms with Crippen LogP contribution in [0.3, 0.4) is 0 Å². The molecule has 0 fully saturated rings. The first kappa shape index (κ1) is 14.3. The van der Waals surface area contributed by atoms with E-state index < -0.39 is 10.0 Å². The summed E-state index contributed by atoms with van der Waals surface area (Å²) < 4.78 is 24.9. The summed E-state index contributed by atoms with van der Waals surface area (Å²) in [6, 6.07) is 0.226. The number of nitrogens with one attached hydrogen (secondary N) is 1. The Kier molecular flexibility index (Phi) is 6.20. The van der Waals surface area contributed by atoms with Crippen LogP contribution in [0, 0.1) is 5.92 Å². The lowest BCUT2D eigenvalue weighted by Gasteiger charge is -2.27. The quantitative estimate of drug-likeness (QED) is 0.737. The van der Waals surface area contributed by atoms with E-state index in [1.165, 1.54) is 0 Å². The standard InChI is InChI=1S/C8H19BrN2O2S/c1-7(2)8(11(3)4)5-10-14(12,13)6-9/h7-8,10H,5-6H2,1-4H3. The first-order chi connectivity index (χ1) is 6.30. The monoisotopic (exact) mass is 286 g/mol. The van der Waals surface area contributed by atoms with Crippen molar-refractivity contribution in [2.24, 2.45) is 5.92 Å². The zero-order valence-corrected chi connectivity index (χ0v) is 11.5. The fraction of sp³-hybridized carbons (Fsp3) is 1.00. The van der Waals surface area contributed by atoms with E-state index in [9.17, 15) is 8.42 Å². The lowest BCUT2D eigenvalue weighted by atomic mass is 10.0. The number of rotatable bonds is 6. The largest absolute Gasteiger partial charge is 0.305 e. The van der Waals surface area contributed by atoms with Crippen molar-refractivity contribution >= 4 is 26.0 Å². The Morgan fingerprint density at radius 1 is 1.36 bits per heavy atom. The number of alkyl halides is 1. The zero-order chi connectivity index (χ0) is 11.4. The summed E-state index contributed by atoms with van der Waals surface area (Å²) in [6.45, 7) is 4.61.